The Kier molecular flexibility index (Phi) is 5.87. The molecule has 1 heterocycles. The summed E-state index contributed by atoms with van der Waals surface area (Å²) in [5, 5.41) is 3.02. The van der Waals surface area contributed by atoms with Gasteiger partial charge in [0.05, 0.1) is 6.26 Å². The molecule has 150 valence electrons. The summed E-state index contributed by atoms with van der Waals surface area (Å²) in [6.45, 7) is 7.72. The van der Waals surface area contributed by atoms with Gasteiger partial charge in [-0.05, 0) is 57.5 Å². The lowest BCUT2D eigenvalue weighted by Gasteiger charge is -2.33. The van der Waals surface area contributed by atoms with Crippen LogP contribution in [-0.2, 0) is 4.79 Å². The van der Waals surface area contributed by atoms with E-state index in [1.54, 1.807) is 12.1 Å². The molecule has 0 fully saturated rings. The van der Waals surface area contributed by atoms with Crippen LogP contribution in [0, 0.1) is 6.92 Å². The monoisotopic (exact) mass is 390 g/mol. The predicted molar refractivity (Wildman–Crippen MR) is 114 cm³/mol. The Morgan fingerprint density at radius 3 is 2.14 bits per heavy atom. The Morgan fingerprint density at radius 1 is 0.931 bits per heavy atom. The average molecular weight is 390 g/mol. The van der Waals surface area contributed by atoms with E-state index < -0.39 is 11.6 Å². The summed E-state index contributed by atoms with van der Waals surface area (Å²) < 4.78 is 5.37. The third-order valence-electron chi connectivity index (χ3n) is 4.38. The second kappa shape index (κ2) is 8.35. The first-order chi connectivity index (χ1) is 13.8. The highest BCUT2D eigenvalue weighted by Crippen LogP contribution is 2.30. The van der Waals surface area contributed by atoms with E-state index in [1.165, 1.54) is 11.2 Å². The quantitative estimate of drug-likeness (QED) is 0.675. The zero-order valence-electron chi connectivity index (χ0n) is 17.2. The van der Waals surface area contributed by atoms with Crippen LogP contribution >= 0.6 is 0 Å². The highest BCUT2D eigenvalue weighted by Gasteiger charge is 2.35. The van der Waals surface area contributed by atoms with Crippen LogP contribution in [0.5, 0.6) is 0 Å². The van der Waals surface area contributed by atoms with E-state index in [1.807, 2.05) is 82.3 Å². The van der Waals surface area contributed by atoms with Crippen LogP contribution in [-0.4, -0.2) is 17.4 Å². The average Bonchev–Trinajstić information content (AvgIpc) is 3.20. The normalized spacial score (nSPS) is 12.3. The zero-order valence-corrected chi connectivity index (χ0v) is 17.2. The van der Waals surface area contributed by atoms with Crippen molar-refractivity contribution in [2.24, 2.45) is 0 Å². The molecule has 0 spiro atoms. The minimum Gasteiger partial charge on any atom is -0.459 e. The number of aryl methyl sites for hydroxylation is 1. The molecule has 0 saturated carbocycles. The number of hydrogen-bond acceptors (Lipinski definition) is 3. The molecule has 1 aromatic heterocycles. The zero-order chi connectivity index (χ0) is 21.0. The smallest absolute Gasteiger partial charge is 0.294 e. The van der Waals surface area contributed by atoms with Crippen LogP contribution in [0.2, 0.25) is 0 Å². The van der Waals surface area contributed by atoms with Gasteiger partial charge < -0.3 is 9.73 Å². The molecule has 0 aliphatic heterocycles. The van der Waals surface area contributed by atoms with Crippen molar-refractivity contribution in [1.82, 2.24) is 5.32 Å². The van der Waals surface area contributed by atoms with Gasteiger partial charge in [0.15, 0.2) is 5.76 Å². The molecule has 2 aromatic carbocycles. The lowest BCUT2D eigenvalue weighted by Crippen LogP contribution is -2.49. The van der Waals surface area contributed by atoms with Gasteiger partial charge >= 0.3 is 0 Å². The lowest BCUT2D eigenvalue weighted by molar-refractivity contribution is -0.123. The molecule has 29 heavy (non-hydrogen) atoms. The highest BCUT2D eigenvalue weighted by molar-refractivity contribution is 6.08. The van der Waals surface area contributed by atoms with Crippen molar-refractivity contribution in [2.75, 3.05) is 4.90 Å². The van der Waals surface area contributed by atoms with Gasteiger partial charge in [-0.25, -0.2) is 0 Å². The maximum Gasteiger partial charge on any atom is 0.294 e. The summed E-state index contributed by atoms with van der Waals surface area (Å²) in [5.41, 5.74) is 1.95. The van der Waals surface area contributed by atoms with Gasteiger partial charge in [0, 0.05) is 11.2 Å². The molecule has 0 saturated heterocycles. The predicted octanol–water partition coefficient (Wildman–Crippen LogP) is 4.89. The van der Waals surface area contributed by atoms with Crippen LogP contribution in [0.15, 0.2) is 77.4 Å². The van der Waals surface area contributed by atoms with E-state index >= 15 is 0 Å². The Morgan fingerprint density at radius 2 is 1.59 bits per heavy atom. The van der Waals surface area contributed by atoms with E-state index in [9.17, 15) is 9.59 Å². The van der Waals surface area contributed by atoms with Gasteiger partial charge in [0.25, 0.3) is 5.91 Å². The molecule has 5 heteroatoms. The molecule has 1 N–H and O–H groups in total. The second-order valence-electron chi connectivity index (χ2n) is 8.04. The maximum atomic E-state index is 13.4. The van der Waals surface area contributed by atoms with Gasteiger partial charge in [0.2, 0.25) is 5.91 Å². The molecular weight excluding hydrogens is 364 g/mol. The summed E-state index contributed by atoms with van der Waals surface area (Å²) in [7, 11) is 0. The first kappa shape index (κ1) is 20.4. The van der Waals surface area contributed by atoms with Crippen LogP contribution in [0.4, 0.5) is 5.69 Å². The van der Waals surface area contributed by atoms with Gasteiger partial charge in [-0.1, -0.05) is 48.0 Å². The highest BCUT2D eigenvalue weighted by atomic mass is 16.3. The summed E-state index contributed by atoms with van der Waals surface area (Å²) in [5.74, 6) is -0.462. The van der Waals surface area contributed by atoms with E-state index in [4.69, 9.17) is 4.42 Å². The topological polar surface area (TPSA) is 62.6 Å². The number of carbonyl (C=O) groups excluding carboxylic acids is 2. The fourth-order valence-corrected chi connectivity index (χ4v) is 3.10. The van der Waals surface area contributed by atoms with Crippen molar-refractivity contribution in [2.45, 2.75) is 39.3 Å². The van der Waals surface area contributed by atoms with Gasteiger partial charge in [-0.3, -0.25) is 14.5 Å². The van der Waals surface area contributed by atoms with Crippen molar-refractivity contribution in [3.63, 3.8) is 0 Å². The summed E-state index contributed by atoms with van der Waals surface area (Å²) in [6, 6.07) is 19.2. The number of anilines is 1. The minimum absolute atomic E-state index is 0.176. The largest absolute Gasteiger partial charge is 0.459 e. The second-order valence-corrected chi connectivity index (χ2v) is 8.04. The number of furan rings is 1. The molecule has 3 rings (SSSR count). The van der Waals surface area contributed by atoms with E-state index in [0.717, 1.165) is 11.1 Å². The van der Waals surface area contributed by atoms with Gasteiger partial charge in [-0.2, -0.15) is 0 Å². The Labute approximate surface area is 171 Å². The molecule has 3 aromatic rings. The van der Waals surface area contributed by atoms with Crippen LogP contribution in [0.25, 0.3) is 0 Å². The fourth-order valence-electron chi connectivity index (χ4n) is 3.10. The van der Waals surface area contributed by atoms with E-state index in [2.05, 4.69) is 5.32 Å². The molecule has 2 amide bonds. The molecule has 0 aliphatic rings. The van der Waals surface area contributed by atoms with Crippen LogP contribution in [0.3, 0.4) is 0 Å². The molecule has 0 bridgehead atoms. The van der Waals surface area contributed by atoms with Gasteiger partial charge in [-0.15, -0.1) is 0 Å². The van der Waals surface area contributed by atoms with Gasteiger partial charge in [0.1, 0.15) is 6.04 Å². The SMILES string of the molecule is Cc1ccc(N(C(=O)c2ccco2)[C@H](C(=O)NC(C)(C)C)c2ccccc2)cc1. The maximum absolute atomic E-state index is 13.4. The summed E-state index contributed by atoms with van der Waals surface area (Å²) in [4.78, 5) is 28.3. The van der Waals surface area contributed by atoms with Crippen molar-refractivity contribution in [3.8, 4) is 0 Å². The summed E-state index contributed by atoms with van der Waals surface area (Å²) in [6.07, 6.45) is 1.45. The number of amides is 2. The third kappa shape index (κ3) is 4.93. The number of nitrogens with zero attached hydrogens (tertiary/aromatic N) is 1. The van der Waals surface area contributed by atoms with Crippen LogP contribution < -0.4 is 10.2 Å². The third-order valence-corrected chi connectivity index (χ3v) is 4.38. The molecule has 0 unspecified atom stereocenters. The molecule has 0 radical (unpaired) electrons. The Hall–Kier alpha value is -3.34. The van der Waals surface area contributed by atoms with Crippen molar-refractivity contribution < 1.29 is 14.0 Å². The first-order valence-corrected chi connectivity index (χ1v) is 9.57. The van der Waals surface area contributed by atoms with Crippen molar-refractivity contribution in [3.05, 3.63) is 89.9 Å². The lowest BCUT2D eigenvalue weighted by atomic mass is 10.0. The van der Waals surface area contributed by atoms with Crippen molar-refractivity contribution in [1.29, 1.82) is 0 Å². The van der Waals surface area contributed by atoms with Crippen LogP contribution in [0.1, 0.15) is 48.5 Å². The Balaban J connectivity index is 2.15. The Bertz CT molecular complexity index is 956. The molecule has 0 aliphatic carbocycles. The van der Waals surface area contributed by atoms with E-state index in [-0.39, 0.29) is 17.6 Å². The summed E-state index contributed by atoms with van der Waals surface area (Å²) >= 11 is 0. The number of carbonyl (C=O) groups is 2. The van der Waals surface area contributed by atoms with E-state index in [0.29, 0.717) is 5.69 Å². The number of rotatable bonds is 5. The molecular formula is C24H26N2O3. The number of hydrogen-bond donors (Lipinski definition) is 1. The number of nitrogens with one attached hydrogen (secondary N) is 1. The minimum atomic E-state index is -0.851. The van der Waals surface area contributed by atoms with Crippen molar-refractivity contribution >= 4 is 17.5 Å². The fraction of sp³-hybridized carbons (Fsp3) is 0.250. The standard InChI is InChI=1S/C24H26N2O3/c1-17-12-14-19(15-13-17)26(23(28)20-11-8-16-29-20)21(18-9-6-5-7-10-18)22(27)25-24(2,3)4/h5-16,21H,1-4H3,(H,25,27)/t21-/m0/s1. The molecule has 1 atom stereocenters. The number of benzene rings is 2. The first-order valence-electron chi connectivity index (χ1n) is 9.57. The molecule has 5 nitrogen and oxygen atoms in total.